The second kappa shape index (κ2) is 6.63. The lowest BCUT2D eigenvalue weighted by atomic mass is 9.91. The number of benzene rings is 1. The van der Waals surface area contributed by atoms with E-state index in [9.17, 15) is 31.4 Å². The molecule has 1 aliphatic rings. The Hall–Kier alpha value is -2.27. The predicted octanol–water partition coefficient (Wildman–Crippen LogP) is 5.12. The van der Waals surface area contributed by atoms with Gasteiger partial charge in [-0.1, -0.05) is 18.2 Å². The highest BCUT2D eigenvalue weighted by Gasteiger charge is 2.63. The first-order valence-electron chi connectivity index (χ1n) is 8.23. The number of rotatable bonds is 3. The summed E-state index contributed by atoms with van der Waals surface area (Å²) >= 11 is 2.97. The number of hydrogen-bond donors (Lipinski definition) is 1. The third kappa shape index (κ3) is 3.07. The Morgan fingerprint density at radius 1 is 1.28 bits per heavy atom. The molecule has 2 aromatic heterocycles. The molecular weight excluding hydrogens is 470 g/mol. The second-order valence-corrected chi connectivity index (χ2v) is 7.43. The van der Waals surface area contributed by atoms with Gasteiger partial charge in [0.25, 0.3) is 0 Å². The average Bonchev–Trinajstić information content (AvgIpc) is 3.11. The van der Waals surface area contributed by atoms with Crippen LogP contribution < -0.4 is 4.74 Å². The van der Waals surface area contributed by atoms with Crippen molar-refractivity contribution >= 4 is 21.6 Å². The number of fused-ring (bicyclic) bond motifs is 3. The fourth-order valence-corrected chi connectivity index (χ4v) is 3.98. The molecule has 1 unspecified atom stereocenters. The summed E-state index contributed by atoms with van der Waals surface area (Å²) in [6.07, 6.45) is -4.79. The maximum Gasteiger partial charge on any atom is 0.423 e. The predicted molar refractivity (Wildman–Crippen MR) is 92.3 cm³/mol. The highest BCUT2D eigenvalue weighted by atomic mass is 79.9. The number of hydrogen-bond acceptors (Lipinski definition) is 3. The van der Waals surface area contributed by atoms with Crippen molar-refractivity contribution in [1.29, 1.82) is 0 Å². The number of aromatic nitrogens is 2. The Morgan fingerprint density at radius 3 is 2.62 bits per heavy atom. The fraction of sp³-hybridized carbons (Fsp3) is 0.278. The largest absolute Gasteiger partial charge is 0.435 e. The van der Waals surface area contributed by atoms with Gasteiger partial charge in [-0.15, -0.1) is 0 Å². The van der Waals surface area contributed by atoms with Gasteiger partial charge in [-0.3, -0.25) is 0 Å². The molecular formula is C18H11BrF6N2O2. The number of halogens is 7. The number of para-hydroxylation sites is 1. The van der Waals surface area contributed by atoms with Crippen LogP contribution in [0.3, 0.4) is 0 Å². The van der Waals surface area contributed by atoms with Crippen LogP contribution in [0.5, 0.6) is 5.75 Å². The third-order valence-corrected chi connectivity index (χ3v) is 5.49. The summed E-state index contributed by atoms with van der Waals surface area (Å²) in [5.41, 5.74) is -4.24. The molecule has 4 rings (SSSR count). The first-order chi connectivity index (χ1) is 13.5. The maximum atomic E-state index is 13.9. The molecule has 4 nitrogen and oxygen atoms in total. The van der Waals surface area contributed by atoms with Crippen molar-refractivity contribution in [3.05, 3.63) is 63.8 Å². The first-order valence-corrected chi connectivity index (χ1v) is 9.02. The molecule has 2 atom stereocenters. The summed E-state index contributed by atoms with van der Waals surface area (Å²) in [5, 5.41) is 10.5. The van der Waals surface area contributed by atoms with E-state index in [0.29, 0.717) is 0 Å². The van der Waals surface area contributed by atoms with Crippen LogP contribution in [0.1, 0.15) is 29.3 Å². The van der Waals surface area contributed by atoms with Crippen molar-refractivity contribution in [2.45, 2.75) is 30.7 Å². The fourth-order valence-electron chi connectivity index (χ4n) is 3.66. The third-order valence-electron chi connectivity index (χ3n) is 4.90. The van der Waals surface area contributed by atoms with Gasteiger partial charge in [0.15, 0.2) is 0 Å². The lowest BCUT2D eigenvalue weighted by molar-refractivity contribution is -0.267. The molecule has 1 aromatic carbocycles. The molecule has 29 heavy (non-hydrogen) atoms. The molecule has 0 saturated carbocycles. The molecule has 1 aliphatic carbocycles. The van der Waals surface area contributed by atoms with Crippen molar-refractivity contribution in [2.24, 2.45) is 0 Å². The lowest BCUT2D eigenvalue weighted by Crippen LogP contribution is -2.40. The van der Waals surface area contributed by atoms with Crippen molar-refractivity contribution in [3.63, 3.8) is 0 Å². The van der Waals surface area contributed by atoms with E-state index in [1.165, 1.54) is 34.9 Å². The van der Waals surface area contributed by atoms with Crippen molar-refractivity contribution < 1.29 is 36.2 Å². The topological polar surface area (TPSA) is 46.8 Å². The molecule has 0 aliphatic heterocycles. The zero-order chi connectivity index (χ0) is 21.1. The monoisotopic (exact) mass is 480 g/mol. The molecule has 3 aromatic rings. The van der Waals surface area contributed by atoms with Crippen LogP contribution >= 0.6 is 15.9 Å². The smallest absolute Gasteiger partial charge is 0.423 e. The van der Waals surface area contributed by atoms with Crippen LogP contribution in [0.25, 0.3) is 5.65 Å². The number of imidazole rings is 1. The van der Waals surface area contributed by atoms with E-state index in [4.69, 9.17) is 0 Å². The summed E-state index contributed by atoms with van der Waals surface area (Å²) in [4.78, 5) is 3.82. The molecule has 2 heterocycles. The minimum atomic E-state index is -5.09. The lowest BCUT2D eigenvalue weighted by Gasteiger charge is -2.26. The molecule has 11 heteroatoms. The highest BCUT2D eigenvalue weighted by Crippen LogP contribution is 2.55. The van der Waals surface area contributed by atoms with E-state index in [1.54, 1.807) is 0 Å². The summed E-state index contributed by atoms with van der Waals surface area (Å²) in [6.45, 7) is -3.19. The van der Waals surface area contributed by atoms with Gasteiger partial charge in [0.2, 0.25) is 5.60 Å². The van der Waals surface area contributed by atoms with Crippen LogP contribution in [0, 0.1) is 5.82 Å². The van der Waals surface area contributed by atoms with Gasteiger partial charge in [0.05, 0.1) is 10.2 Å². The van der Waals surface area contributed by atoms with E-state index in [-0.39, 0.29) is 27.1 Å². The summed E-state index contributed by atoms with van der Waals surface area (Å²) in [7, 11) is 0. The quantitative estimate of drug-likeness (QED) is 0.529. The van der Waals surface area contributed by atoms with Gasteiger partial charge >= 0.3 is 12.8 Å². The summed E-state index contributed by atoms with van der Waals surface area (Å²) in [5.74, 6) is -2.25. The molecule has 154 valence electrons. The van der Waals surface area contributed by atoms with E-state index in [0.717, 1.165) is 6.07 Å². The van der Waals surface area contributed by atoms with Gasteiger partial charge in [-0.2, -0.15) is 22.0 Å². The molecule has 0 fully saturated rings. The van der Waals surface area contributed by atoms with Crippen LogP contribution in [-0.2, 0) is 5.60 Å². The normalized spacial score (nSPS) is 21.8. The van der Waals surface area contributed by atoms with Gasteiger partial charge in [0.1, 0.15) is 22.9 Å². The standard InChI is InChI=1S/C18H11BrF6N2O2/c19-10-7-27-13(5-11(10)20)26-15-14(27)9(6-17(15,28)18(23,24)25)8-3-1-2-4-12(8)29-16(21)22/h1-5,7,9,16,28H,6H2/t9-,17?/m1/s1. The van der Waals surface area contributed by atoms with E-state index >= 15 is 0 Å². The van der Waals surface area contributed by atoms with E-state index in [1.807, 2.05) is 0 Å². The van der Waals surface area contributed by atoms with Crippen LogP contribution in [0.2, 0.25) is 0 Å². The van der Waals surface area contributed by atoms with Crippen molar-refractivity contribution in [2.75, 3.05) is 0 Å². The van der Waals surface area contributed by atoms with Gasteiger partial charge in [-0.25, -0.2) is 9.37 Å². The zero-order valence-corrected chi connectivity index (χ0v) is 15.8. The Kier molecular flexibility index (Phi) is 4.57. The van der Waals surface area contributed by atoms with E-state index in [2.05, 4.69) is 25.7 Å². The first kappa shape index (κ1) is 20.0. The maximum absolute atomic E-state index is 13.9. The molecule has 0 saturated heterocycles. The molecule has 0 bridgehead atoms. The molecule has 0 radical (unpaired) electrons. The van der Waals surface area contributed by atoms with Crippen LogP contribution in [0.15, 0.2) is 41.0 Å². The van der Waals surface area contributed by atoms with E-state index < -0.39 is 42.2 Å². The Balaban J connectivity index is 2.00. The summed E-state index contributed by atoms with van der Waals surface area (Å²) < 4.78 is 86.4. The minimum Gasteiger partial charge on any atom is -0.435 e. The zero-order valence-electron chi connectivity index (χ0n) is 14.2. The minimum absolute atomic E-state index is 0.0245. The summed E-state index contributed by atoms with van der Waals surface area (Å²) in [6, 6.07) is 6.31. The Labute approximate surface area is 167 Å². The van der Waals surface area contributed by atoms with Gasteiger partial charge in [-0.05, 0) is 22.0 Å². The average molecular weight is 481 g/mol. The van der Waals surface area contributed by atoms with Gasteiger partial charge < -0.3 is 14.2 Å². The highest BCUT2D eigenvalue weighted by molar-refractivity contribution is 9.10. The number of ether oxygens (including phenoxy) is 1. The second-order valence-electron chi connectivity index (χ2n) is 6.57. The number of nitrogens with zero attached hydrogens (tertiary/aromatic N) is 2. The van der Waals surface area contributed by atoms with Crippen LogP contribution in [-0.4, -0.2) is 27.3 Å². The van der Waals surface area contributed by atoms with Crippen molar-refractivity contribution in [3.8, 4) is 5.75 Å². The Bertz CT molecular complexity index is 1100. The van der Waals surface area contributed by atoms with Crippen LogP contribution in [0.4, 0.5) is 26.3 Å². The SMILES string of the molecule is OC1(C(F)(F)F)C[C@H](c2ccccc2OC(F)F)c2c1nc1cc(F)c(Br)cn21. The number of alkyl halides is 5. The number of aliphatic hydroxyl groups is 1. The Morgan fingerprint density at radius 2 is 1.97 bits per heavy atom. The van der Waals surface area contributed by atoms with Gasteiger partial charge in [0, 0.05) is 30.2 Å². The number of pyridine rings is 1. The molecule has 1 N–H and O–H groups in total. The van der Waals surface area contributed by atoms with Crippen molar-refractivity contribution in [1.82, 2.24) is 9.38 Å². The molecule has 0 amide bonds. The molecule has 0 spiro atoms.